The third-order valence-corrected chi connectivity index (χ3v) is 4.03. The summed E-state index contributed by atoms with van der Waals surface area (Å²) in [6.07, 6.45) is 1.02. The lowest BCUT2D eigenvalue weighted by molar-refractivity contribution is -0.384. The van der Waals surface area contributed by atoms with Gasteiger partial charge in [-0.1, -0.05) is 20.3 Å². The molecule has 0 heterocycles. The van der Waals surface area contributed by atoms with Gasteiger partial charge in [0.25, 0.3) is 5.69 Å². The summed E-state index contributed by atoms with van der Waals surface area (Å²) in [6.45, 7) is 4.15. The molecule has 0 bridgehead atoms. The summed E-state index contributed by atoms with van der Waals surface area (Å²) in [5.41, 5.74) is -0.196. The molecule has 0 spiro atoms. The molecular weight excluding hydrogens is 254 g/mol. The molecule has 6 heteroatoms. The summed E-state index contributed by atoms with van der Waals surface area (Å²) in [6, 6.07) is 3.96. The van der Waals surface area contributed by atoms with E-state index in [0.29, 0.717) is 10.8 Å². The van der Waals surface area contributed by atoms with Crippen LogP contribution in [0.25, 0.3) is 0 Å². The normalized spacial score (nSPS) is 12.1. The highest BCUT2D eigenvalue weighted by Gasteiger charge is 2.16. The number of aromatic carboxylic acids is 1. The van der Waals surface area contributed by atoms with Gasteiger partial charge in [0.2, 0.25) is 0 Å². The molecule has 1 rings (SSSR count). The van der Waals surface area contributed by atoms with E-state index >= 15 is 0 Å². The van der Waals surface area contributed by atoms with E-state index in [2.05, 4.69) is 13.8 Å². The fourth-order valence-corrected chi connectivity index (χ4v) is 2.44. The molecule has 5 nitrogen and oxygen atoms in total. The van der Waals surface area contributed by atoms with Crippen molar-refractivity contribution < 1.29 is 14.8 Å². The zero-order chi connectivity index (χ0) is 13.7. The molecule has 18 heavy (non-hydrogen) atoms. The van der Waals surface area contributed by atoms with E-state index in [1.807, 2.05) is 0 Å². The third kappa shape index (κ3) is 3.73. The molecule has 0 saturated carbocycles. The summed E-state index contributed by atoms with van der Waals surface area (Å²) in [7, 11) is 0. The van der Waals surface area contributed by atoms with Crippen molar-refractivity contribution in [2.75, 3.05) is 5.75 Å². The van der Waals surface area contributed by atoms with Gasteiger partial charge in [0.05, 0.1) is 10.5 Å². The molecule has 98 valence electrons. The average molecular weight is 269 g/mol. The molecule has 0 aliphatic heterocycles. The van der Waals surface area contributed by atoms with Gasteiger partial charge in [0, 0.05) is 22.8 Å². The predicted octanol–water partition coefficient (Wildman–Crippen LogP) is 3.43. The van der Waals surface area contributed by atoms with Gasteiger partial charge in [0.15, 0.2) is 0 Å². The molecule has 1 aromatic rings. The quantitative estimate of drug-likeness (QED) is 0.486. The first-order valence-corrected chi connectivity index (χ1v) is 6.58. The second-order valence-corrected chi connectivity index (χ2v) is 5.13. The van der Waals surface area contributed by atoms with Gasteiger partial charge < -0.3 is 5.11 Å². The Hall–Kier alpha value is -1.56. The van der Waals surface area contributed by atoms with Crippen molar-refractivity contribution in [1.82, 2.24) is 0 Å². The minimum Gasteiger partial charge on any atom is -0.478 e. The first-order chi connectivity index (χ1) is 8.45. The molecule has 1 unspecified atom stereocenters. The molecule has 1 N–H and O–H groups in total. The van der Waals surface area contributed by atoms with Gasteiger partial charge >= 0.3 is 5.97 Å². The standard InChI is InChI=1S/C12H15NO4S/c1-3-8(2)7-18-11-5-4-9(13(16)17)6-10(11)12(14)15/h4-6,8H,3,7H2,1-2H3,(H,14,15). The third-order valence-electron chi connectivity index (χ3n) is 2.62. The Morgan fingerprint density at radius 3 is 2.72 bits per heavy atom. The Balaban J connectivity index is 2.97. The zero-order valence-corrected chi connectivity index (χ0v) is 11.1. The zero-order valence-electron chi connectivity index (χ0n) is 10.3. The average Bonchev–Trinajstić information content (AvgIpc) is 2.35. The highest BCUT2D eigenvalue weighted by atomic mass is 32.2. The minimum absolute atomic E-state index is 0.00231. The number of hydrogen-bond acceptors (Lipinski definition) is 4. The first kappa shape index (κ1) is 14.5. The Kier molecular flexibility index (Phi) is 5.15. The molecular formula is C12H15NO4S. The molecule has 0 radical (unpaired) electrons. The first-order valence-electron chi connectivity index (χ1n) is 5.60. The van der Waals surface area contributed by atoms with Gasteiger partial charge in [-0.3, -0.25) is 10.1 Å². The van der Waals surface area contributed by atoms with Crippen molar-refractivity contribution in [3.8, 4) is 0 Å². The van der Waals surface area contributed by atoms with Crippen molar-refractivity contribution in [3.63, 3.8) is 0 Å². The van der Waals surface area contributed by atoms with Gasteiger partial charge in [-0.25, -0.2) is 4.79 Å². The van der Waals surface area contributed by atoms with Crippen LogP contribution in [0.15, 0.2) is 23.1 Å². The fourth-order valence-electron chi connectivity index (χ4n) is 1.27. The smallest absolute Gasteiger partial charge is 0.337 e. The number of carboxylic acids is 1. The van der Waals surface area contributed by atoms with Gasteiger partial charge in [0.1, 0.15) is 0 Å². The monoisotopic (exact) mass is 269 g/mol. The number of nitro groups is 1. The van der Waals surface area contributed by atoms with Crippen LogP contribution in [0.4, 0.5) is 5.69 Å². The van der Waals surface area contributed by atoms with E-state index in [-0.39, 0.29) is 11.3 Å². The second kappa shape index (κ2) is 6.39. The van der Waals surface area contributed by atoms with Crippen LogP contribution in [0.1, 0.15) is 30.6 Å². The number of benzene rings is 1. The summed E-state index contributed by atoms with van der Waals surface area (Å²) >= 11 is 1.43. The summed E-state index contributed by atoms with van der Waals surface area (Å²) < 4.78 is 0. The summed E-state index contributed by atoms with van der Waals surface area (Å²) in [5.74, 6) is 0.145. The fraction of sp³-hybridized carbons (Fsp3) is 0.417. The molecule has 0 aromatic heterocycles. The van der Waals surface area contributed by atoms with E-state index in [4.69, 9.17) is 5.11 Å². The number of thioether (sulfide) groups is 1. The van der Waals surface area contributed by atoms with Crippen LogP contribution in [0, 0.1) is 16.0 Å². The Bertz CT molecular complexity index is 461. The van der Waals surface area contributed by atoms with Crippen molar-refractivity contribution in [2.24, 2.45) is 5.92 Å². The maximum absolute atomic E-state index is 11.1. The van der Waals surface area contributed by atoms with Crippen molar-refractivity contribution >= 4 is 23.4 Å². The number of rotatable bonds is 6. The van der Waals surface area contributed by atoms with Crippen LogP contribution in [0.3, 0.4) is 0 Å². The molecule has 0 saturated heterocycles. The number of carboxylic acid groups (broad SMARTS) is 1. The number of nitrogens with zero attached hydrogens (tertiary/aromatic N) is 1. The highest BCUT2D eigenvalue weighted by molar-refractivity contribution is 7.99. The number of non-ortho nitro benzene ring substituents is 1. The highest BCUT2D eigenvalue weighted by Crippen LogP contribution is 2.28. The largest absolute Gasteiger partial charge is 0.478 e. The summed E-state index contributed by atoms with van der Waals surface area (Å²) in [4.78, 5) is 21.7. The van der Waals surface area contributed by atoms with Crippen LogP contribution in [-0.2, 0) is 0 Å². The number of nitro benzene ring substituents is 1. The topological polar surface area (TPSA) is 80.4 Å². The molecule has 0 fully saturated rings. The molecule has 1 atom stereocenters. The SMILES string of the molecule is CCC(C)CSc1ccc([N+](=O)[O-])cc1C(=O)O. The van der Waals surface area contributed by atoms with Crippen molar-refractivity contribution in [3.05, 3.63) is 33.9 Å². The predicted molar refractivity (Wildman–Crippen MR) is 70.2 cm³/mol. The second-order valence-electron chi connectivity index (χ2n) is 4.07. The van der Waals surface area contributed by atoms with Gasteiger partial charge in [-0.05, 0) is 12.0 Å². The lowest BCUT2D eigenvalue weighted by atomic mass is 10.2. The van der Waals surface area contributed by atoms with Crippen LogP contribution in [0.2, 0.25) is 0 Å². The van der Waals surface area contributed by atoms with E-state index in [1.165, 1.54) is 23.9 Å². The maximum Gasteiger partial charge on any atom is 0.337 e. The van der Waals surface area contributed by atoms with E-state index in [1.54, 1.807) is 0 Å². The lowest BCUT2D eigenvalue weighted by Gasteiger charge is -2.09. The molecule has 0 amide bonds. The van der Waals surface area contributed by atoms with Crippen molar-refractivity contribution in [1.29, 1.82) is 0 Å². The summed E-state index contributed by atoms with van der Waals surface area (Å²) in [5, 5.41) is 19.7. The maximum atomic E-state index is 11.1. The van der Waals surface area contributed by atoms with Crippen LogP contribution >= 0.6 is 11.8 Å². The van der Waals surface area contributed by atoms with E-state index < -0.39 is 10.9 Å². The van der Waals surface area contributed by atoms with Gasteiger partial charge in [-0.2, -0.15) is 0 Å². The van der Waals surface area contributed by atoms with Crippen LogP contribution < -0.4 is 0 Å². The minimum atomic E-state index is -1.13. The van der Waals surface area contributed by atoms with Gasteiger partial charge in [-0.15, -0.1) is 11.8 Å². The van der Waals surface area contributed by atoms with Crippen LogP contribution in [-0.4, -0.2) is 21.8 Å². The Morgan fingerprint density at radius 2 is 2.22 bits per heavy atom. The Labute approximate surface area is 109 Å². The van der Waals surface area contributed by atoms with Crippen LogP contribution in [0.5, 0.6) is 0 Å². The lowest BCUT2D eigenvalue weighted by Crippen LogP contribution is -2.02. The van der Waals surface area contributed by atoms with E-state index in [0.717, 1.165) is 18.2 Å². The number of hydrogen-bond donors (Lipinski definition) is 1. The van der Waals surface area contributed by atoms with Crippen molar-refractivity contribution in [2.45, 2.75) is 25.2 Å². The molecule has 0 aliphatic rings. The molecule has 1 aromatic carbocycles. The molecule has 0 aliphatic carbocycles. The number of carbonyl (C=O) groups is 1. The van der Waals surface area contributed by atoms with E-state index in [9.17, 15) is 14.9 Å². The Morgan fingerprint density at radius 1 is 1.56 bits per heavy atom.